The molecule has 2 heterocycles. The Balaban J connectivity index is 1.59. The summed E-state index contributed by atoms with van der Waals surface area (Å²) in [4.78, 5) is 2.75. The highest BCUT2D eigenvalue weighted by Crippen LogP contribution is 2.21. The van der Waals surface area contributed by atoms with E-state index in [1.807, 2.05) is 19.9 Å². The van der Waals surface area contributed by atoms with Crippen LogP contribution in [0.3, 0.4) is 0 Å². The monoisotopic (exact) mass is 352 g/mol. The summed E-state index contributed by atoms with van der Waals surface area (Å²) in [5.74, 6) is 0. The molecule has 2 aliphatic heterocycles. The normalized spacial score (nSPS) is 24.2. The number of piperazine rings is 1. The molecule has 2 saturated heterocycles. The van der Waals surface area contributed by atoms with Gasteiger partial charge in [-0.05, 0) is 56.4 Å². The molecule has 0 aromatic heterocycles. The first-order chi connectivity index (χ1) is 11.5. The van der Waals surface area contributed by atoms with E-state index in [0.717, 1.165) is 43.8 Å². The van der Waals surface area contributed by atoms with Gasteiger partial charge in [-0.1, -0.05) is 6.07 Å². The fourth-order valence-corrected chi connectivity index (χ4v) is 4.92. The lowest BCUT2D eigenvalue weighted by atomic mass is 10.1. The Morgan fingerprint density at radius 1 is 1.08 bits per heavy atom. The molecular formula is C18H28N2O3S. The molecule has 0 aliphatic carbocycles. The average Bonchev–Trinajstić information content (AvgIpc) is 2.58. The molecular weight excluding hydrogens is 324 g/mol. The molecule has 134 valence electrons. The predicted molar refractivity (Wildman–Crippen MR) is 94.7 cm³/mol. The third kappa shape index (κ3) is 3.99. The van der Waals surface area contributed by atoms with E-state index in [2.05, 4.69) is 4.90 Å². The zero-order chi connectivity index (χ0) is 17.2. The first-order valence-electron chi connectivity index (χ1n) is 8.88. The van der Waals surface area contributed by atoms with Crippen molar-refractivity contribution in [3.05, 3.63) is 29.3 Å². The van der Waals surface area contributed by atoms with Crippen LogP contribution in [0.5, 0.6) is 0 Å². The highest BCUT2D eigenvalue weighted by molar-refractivity contribution is 7.89. The average molecular weight is 353 g/mol. The van der Waals surface area contributed by atoms with Crippen molar-refractivity contribution in [1.29, 1.82) is 0 Å². The Labute approximate surface area is 145 Å². The van der Waals surface area contributed by atoms with Crippen LogP contribution in [0.1, 0.15) is 30.4 Å². The van der Waals surface area contributed by atoms with E-state index in [-0.39, 0.29) is 0 Å². The summed E-state index contributed by atoms with van der Waals surface area (Å²) in [5.41, 5.74) is 2.13. The van der Waals surface area contributed by atoms with Crippen LogP contribution in [0.25, 0.3) is 0 Å². The highest BCUT2D eigenvalue weighted by Gasteiger charge is 2.29. The van der Waals surface area contributed by atoms with Gasteiger partial charge in [0.2, 0.25) is 10.0 Å². The quantitative estimate of drug-likeness (QED) is 0.833. The topological polar surface area (TPSA) is 49.9 Å². The molecule has 0 radical (unpaired) electrons. The molecule has 0 amide bonds. The smallest absolute Gasteiger partial charge is 0.243 e. The van der Waals surface area contributed by atoms with Gasteiger partial charge < -0.3 is 4.74 Å². The summed E-state index contributed by atoms with van der Waals surface area (Å²) >= 11 is 0. The maximum atomic E-state index is 12.8. The summed E-state index contributed by atoms with van der Waals surface area (Å²) in [6.45, 7) is 8.43. The molecule has 24 heavy (non-hydrogen) atoms. The minimum atomic E-state index is -3.38. The number of rotatable bonds is 4. The molecule has 1 aromatic rings. The SMILES string of the molecule is Cc1ccc(S(=O)(=O)N2CCN(C[C@H]3CCCCO3)CC2)cc1C. The number of ether oxygens (including phenoxy) is 1. The first kappa shape index (κ1) is 17.9. The predicted octanol–water partition coefficient (Wildman–Crippen LogP) is 2.18. The van der Waals surface area contributed by atoms with Crippen molar-refractivity contribution >= 4 is 10.0 Å². The lowest BCUT2D eigenvalue weighted by Crippen LogP contribution is -2.50. The van der Waals surface area contributed by atoms with Gasteiger partial charge >= 0.3 is 0 Å². The van der Waals surface area contributed by atoms with Crippen LogP contribution < -0.4 is 0 Å². The Morgan fingerprint density at radius 2 is 1.83 bits per heavy atom. The lowest BCUT2D eigenvalue weighted by Gasteiger charge is -2.36. The molecule has 5 nitrogen and oxygen atoms in total. The van der Waals surface area contributed by atoms with Crippen LogP contribution in [-0.2, 0) is 14.8 Å². The highest BCUT2D eigenvalue weighted by atomic mass is 32.2. The standard InChI is InChI=1S/C18H28N2O3S/c1-15-6-7-18(13-16(15)2)24(21,22)20-10-8-19(9-11-20)14-17-5-3-4-12-23-17/h6-7,13,17H,3-5,8-12,14H2,1-2H3/t17-/m1/s1. The molecule has 0 N–H and O–H groups in total. The first-order valence-corrected chi connectivity index (χ1v) is 10.3. The number of sulfonamides is 1. The van der Waals surface area contributed by atoms with Crippen molar-refractivity contribution in [2.45, 2.75) is 44.1 Å². The second-order valence-corrected chi connectivity index (χ2v) is 8.88. The number of nitrogens with zero attached hydrogens (tertiary/aromatic N) is 2. The Morgan fingerprint density at radius 3 is 2.46 bits per heavy atom. The van der Waals surface area contributed by atoms with Crippen molar-refractivity contribution in [3.8, 4) is 0 Å². The van der Waals surface area contributed by atoms with Gasteiger partial charge in [-0.3, -0.25) is 4.90 Å². The molecule has 6 heteroatoms. The van der Waals surface area contributed by atoms with E-state index in [1.165, 1.54) is 12.8 Å². The molecule has 0 unspecified atom stereocenters. The number of hydrogen-bond acceptors (Lipinski definition) is 4. The number of hydrogen-bond donors (Lipinski definition) is 0. The third-order valence-corrected chi connectivity index (χ3v) is 7.08. The molecule has 1 atom stereocenters. The Bertz CT molecular complexity index is 661. The Kier molecular flexibility index (Phi) is 5.59. The van der Waals surface area contributed by atoms with E-state index in [1.54, 1.807) is 16.4 Å². The summed E-state index contributed by atoms with van der Waals surface area (Å²) < 4.78 is 33.1. The minimum Gasteiger partial charge on any atom is -0.377 e. The number of benzene rings is 1. The summed E-state index contributed by atoms with van der Waals surface area (Å²) in [5, 5.41) is 0. The molecule has 2 fully saturated rings. The van der Waals surface area contributed by atoms with Gasteiger partial charge in [-0.25, -0.2) is 8.42 Å². The third-order valence-electron chi connectivity index (χ3n) is 5.18. The Hall–Kier alpha value is -0.950. The molecule has 1 aromatic carbocycles. The zero-order valence-corrected chi connectivity index (χ0v) is 15.5. The fourth-order valence-electron chi connectivity index (χ4n) is 3.42. The van der Waals surface area contributed by atoms with E-state index in [9.17, 15) is 8.42 Å². The van der Waals surface area contributed by atoms with E-state index in [4.69, 9.17) is 4.74 Å². The van der Waals surface area contributed by atoms with Crippen molar-refractivity contribution in [1.82, 2.24) is 9.21 Å². The van der Waals surface area contributed by atoms with Gasteiger partial charge in [0, 0.05) is 39.3 Å². The van der Waals surface area contributed by atoms with Crippen molar-refractivity contribution in [3.63, 3.8) is 0 Å². The number of aryl methyl sites for hydroxylation is 2. The largest absolute Gasteiger partial charge is 0.377 e. The molecule has 0 spiro atoms. The molecule has 3 rings (SSSR count). The van der Waals surface area contributed by atoms with Crippen LogP contribution in [0.15, 0.2) is 23.1 Å². The van der Waals surface area contributed by atoms with E-state index < -0.39 is 10.0 Å². The van der Waals surface area contributed by atoms with Crippen LogP contribution >= 0.6 is 0 Å². The minimum absolute atomic E-state index is 0.321. The zero-order valence-electron chi connectivity index (χ0n) is 14.7. The van der Waals surface area contributed by atoms with Crippen molar-refractivity contribution in [2.24, 2.45) is 0 Å². The maximum absolute atomic E-state index is 12.8. The van der Waals surface area contributed by atoms with Gasteiger partial charge in [0.15, 0.2) is 0 Å². The van der Waals surface area contributed by atoms with Gasteiger partial charge in [-0.15, -0.1) is 0 Å². The second-order valence-electron chi connectivity index (χ2n) is 6.94. The van der Waals surface area contributed by atoms with Crippen LogP contribution in [-0.4, -0.2) is 63.1 Å². The molecule has 0 saturated carbocycles. The summed E-state index contributed by atoms with van der Waals surface area (Å²) in [6, 6.07) is 5.39. The van der Waals surface area contributed by atoms with Crippen molar-refractivity contribution < 1.29 is 13.2 Å². The summed E-state index contributed by atoms with van der Waals surface area (Å²) in [6.07, 6.45) is 3.85. The lowest BCUT2D eigenvalue weighted by molar-refractivity contribution is -0.0103. The maximum Gasteiger partial charge on any atom is 0.243 e. The second kappa shape index (κ2) is 7.52. The molecule has 0 bridgehead atoms. The van der Waals surface area contributed by atoms with Crippen LogP contribution in [0, 0.1) is 13.8 Å². The van der Waals surface area contributed by atoms with Gasteiger partial charge in [0.25, 0.3) is 0 Å². The van der Waals surface area contributed by atoms with Gasteiger partial charge in [0.1, 0.15) is 0 Å². The van der Waals surface area contributed by atoms with Gasteiger partial charge in [-0.2, -0.15) is 4.31 Å². The van der Waals surface area contributed by atoms with E-state index in [0.29, 0.717) is 24.1 Å². The summed E-state index contributed by atoms with van der Waals surface area (Å²) in [7, 11) is -3.38. The molecule has 2 aliphatic rings. The van der Waals surface area contributed by atoms with Crippen molar-refractivity contribution in [2.75, 3.05) is 39.3 Å². The van der Waals surface area contributed by atoms with E-state index >= 15 is 0 Å². The fraction of sp³-hybridized carbons (Fsp3) is 0.667. The van der Waals surface area contributed by atoms with Gasteiger partial charge in [0.05, 0.1) is 11.0 Å². The van der Waals surface area contributed by atoms with Crippen LogP contribution in [0.2, 0.25) is 0 Å². The van der Waals surface area contributed by atoms with Crippen LogP contribution in [0.4, 0.5) is 0 Å².